The summed E-state index contributed by atoms with van der Waals surface area (Å²) >= 11 is 1.22. The molecule has 7 heteroatoms. The molecule has 0 radical (unpaired) electrons. The van der Waals surface area contributed by atoms with Crippen molar-refractivity contribution in [2.75, 3.05) is 7.11 Å². The third-order valence-electron chi connectivity index (χ3n) is 3.83. The van der Waals surface area contributed by atoms with Crippen LogP contribution in [0.4, 0.5) is 0 Å². The van der Waals surface area contributed by atoms with Crippen LogP contribution in [-0.2, 0) is 4.79 Å². The first-order valence-electron chi connectivity index (χ1n) is 7.60. The summed E-state index contributed by atoms with van der Waals surface area (Å²) in [4.78, 5) is 28.3. The molecule has 24 heavy (non-hydrogen) atoms. The van der Waals surface area contributed by atoms with Crippen LogP contribution in [0.5, 0.6) is 5.75 Å². The van der Waals surface area contributed by atoms with E-state index < -0.39 is 17.9 Å². The third-order valence-corrected chi connectivity index (χ3v) is 4.88. The zero-order valence-electron chi connectivity index (χ0n) is 13.8. The Labute approximate surface area is 144 Å². The Bertz CT molecular complexity index is 712. The van der Waals surface area contributed by atoms with Gasteiger partial charge in [-0.15, -0.1) is 11.3 Å². The molecule has 0 bridgehead atoms. The highest BCUT2D eigenvalue weighted by Crippen LogP contribution is 2.27. The highest BCUT2D eigenvalue weighted by Gasteiger charge is 2.26. The molecule has 0 aliphatic carbocycles. The van der Waals surface area contributed by atoms with E-state index in [1.54, 1.807) is 14.0 Å². The van der Waals surface area contributed by atoms with E-state index in [0.717, 1.165) is 11.3 Å². The fourth-order valence-electron chi connectivity index (χ4n) is 2.14. The number of nitrogens with zero attached hydrogens (tertiary/aromatic N) is 1. The predicted octanol–water partition coefficient (Wildman–Crippen LogP) is 3.05. The van der Waals surface area contributed by atoms with Crippen LogP contribution in [-0.4, -0.2) is 35.1 Å². The van der Waals surface area contributed by atoms with Crippen LogP contribution in [0, 0.1) is 5.92 Å². The van der Waals surface area contributed by atoms with Gasteiger partial charge in [-0.05, 0) is 30.2 Å². The van der Waals surface area contributed by atoms with Crippen molar-refractivity contribution in [2.24, 2.45) is 5.92 Å². The number of amides is 1. The van der Waals surface area contributed by atoms with E-state index in [1.807, 2.05) is 31.2 Å². The van der Waals surface area contributed by atoms with Crippen LogP contribution in [0.15, 0.2) is 30.5 Å². The summed E-state index contributed by atoms with van der Waals surface area (Å²) < 4.78 is 5.11. The number of benzene rings is 1. The normalized spacial score (nSPS) is 13.1. The summed E-state index contributed by atoms with van der Waals surface area (Å²) in [5.41, 5.74) is 0.872. The van der Waals surface area contributed by atoms with Crippen molar-refractivity contribution in [3.05, 3.63) is 35.3 Å². The maximum Gasteiger partial charge on any atom is 0.326 e. The Morgan fingerprint density at radius 3 is 2.54 bits per heavy atom. The van der Waals surface area contributed by atoms with E-state index in [9.17, 15) is 14.7 Å². The molecule has 0 saturated heterocycles. The van der Waals surface area contributed by atoms with Gasteiger partial charge in [-0.1, -0.05) is 20.3 Å². The highest BCUT2D eigenvalue weighted by atomic mass is 32.1. The maximum absolute atomic E-state index is 12.3. The Morgan fingerprint density at radius 2 is 2.00 bits per heavy atom. The van der Waals surface area contributed by atoms with E-state index >= 15 is 0 Å². The lowest BCUT2D eigenvalue weighted by atomic mass is 9.99. The number of carbonyl (C=O) groups excluding carboxylic acids is 1. The van der Waals surface area contributed by atoms with Crippen LogP contribution >= 0.6 is 11.3 Å². The molecule has 2 rings (SSSR count). The molecule has 2 N–H and O–H groups in total. The summed E-state index contributed by atoms with van der Waals surface area (Å²) in [6, 6.07) is 6.45. The van der Waals surface area contributed by atoms with E-state index in [0.29, 0.717) is 16.3 Å². The van der Waals surface area contributed by atoms with E-state index in [-0.39, 0.29) is 5.92 Å². The van der Waals surface area contributed by atoms with E-state index in [4.69, 9.17) is 4.74 Å². The second kappa shape index (κ2) is 7.92. The number of aromatic nitrogens is 1. The van der Waals surface area contributed by atoms with Gasteiger partial charge in [0.05, 0.1) is 13.3 Å². The summed E-state index contributed by atoms with van der Waals surface area (Å²) in [6.45, 7) is 3.69. The van der Waals surface area contributed by atoms with Crippen molar-refractivity contribution >= 4 is 23.2 Å². The molecule has 2 unspecified atom stereocenters. The van der Waals surface area contributed by atoms with Gasteiger partial charge in [0.25, 0.3) is 5.91 Å². The minimum absolute atomic E-state index is 0.152. The van der Waals surface area contributed by atoms with Crippen molar-refractivity contribution in [3.63, 3.8) is 0 Å². The molecule has 0 spiro atoms. The van der Waals surface area contributed by atoms with Crippen molar-refractivity contribution < 1.29 is 19.4 Å². The van der Waals surface area contributed by atoms with Gasteiger partial charge in [0.2, 0.25) is 0 Å². The molecule has 6 nitrogen and oxygen atoms in total. The lowest BCUT2D eigenvalue weighted by molar-refractivity contribution is -0.140. The molecule has 2 aromatic rings. The monoisotopic (exact) mass is 348 g/mol. The molecule has 0 aliphatic heterocycles. The number of nitrogens with one attached hydrogen (secondary N) is 1. The van der Waals surface area contributed by atoms with Gasteiger partial charge in [0.15, 0.2) is 0 Å². The molecular weight excluding hydrogens is 328 g/mol. The third kappa shape index (κ3) is 4.11. The second-order valence-corrected chi connectivity index (χ2v) is 6.46. The van der Waals surface area contributed by atoms with E-state index in [2.05, 4.69) is 10.3 Å². The molecule has 128 valence electrons. The summed E-state index contributed by atoms with van der Waals surface area (Å²) in [5.74, 6) is -0.857. The zero-order chi connectivity index (χ0) is 17.7. The molecule has 1 aromatic carbocycles. The van der Waals surface area contributed by atoms with Crippen LogP contribution in [0.1, 0.15) is 29.9 Å². The largest absolute Gasteiger partial charge is 0.497 e. The SMILES string of the molecule is CCC(C)C(NC(=O)c1cnc(-c2ccc(OC)cc2)s1)C(=O)O. The van der Waals surface area contributed by atoms with Gasteiger partial charge < -0.3 is 15.2 Å². The molecular formula is C17H20N2O4S. The quantitative estimate of drug-likeness (QED) is 0.803. The zero-order valence-corrected chi connectivity index (χ0v) is 14.6. The summed E-state index contributed by atoms with van der Waals surface area (Å²) in [5, 5.41) is 12.5. The summed E-state index contributed by atoms with van der Waals surface area (Å²) in [7, 11) is 1.59. The van der Waals surface area contributed by atoms with Crippen LogP contribution in [0.3, 0.4) is 0 Å². The second-order valence-electron chi connectivity index (χ2n) is 5.43. The van der Waals surface area contributed by atoms with Gasteiger partial charge in [0, 0.05) is 5.56 Å². The number of carbonyl (C=O) groups is 2. The minimum atomic E-state index is -1.03. The first-order valence-corrected chi connectivity index (χ1v) is 8.41. The number of hydrogen-bond acceptors (Lipinski definition) is 5. The maximum atomic E-state index is 12.3. The van der Waals surface area contributed by atoms with Crippen LogP contribution in [0.2, 0.25) is 0 Å². The number of hydrogen-bond donors (Lipinski definition) is 2. The van der Waals surface area contributed by atoms with E-state index in [1.165, 1.54) is 17.5 Å². The number of carboxylic acid groups (broad SMARTS) is 1. The Hall–Kier alpha value is -2.41. The van der Waals surface area contributed by atoms with Crippen LogP contribution < -0.4 is 10.1 Å². The fourth-order valence-corrected chi connectivity index (χ4v) is 2.97. The Balaban J connectivity index is 2.13. The fraction of sp³-hybridized carbons (Fsp3) is 0.353. The number of carboxylic acids is 1. The molecule has 1 heterocycles. The van der Waals surface area contributed by atoms with Crippen molar-refractivity contribution in [1.82, 2.24) is 10.3 Å². The standard InChI is InChI=1S/C17H20N2O4S/c1-4-10(2)14(17(21)22)19-15(20)13-9-18-16(24-13)11-5-7-12(23-3)8-6-11/h5-10,14H,4H2,1-3H3,(H,19,20)(H,21,22). The number of aliphatic carboxylic acids is 1. The molecule has 1 amide bonds. The first-order chi connectivity index (χ1) is 11.5. The number of methoxy groups -OCH3 is 1. The topological polar surface area (TPSA) is 88.5 Å². The average Bonchev–Trinajstić information content (AvgIpc) is 3.08. The summed E-state index contributed by atoms with van der Waals surface area (Å²) in [6.07, 6.45) is 2.13. The number of ether oxygens (including phenoxy) is 1. The Morgan fingerprint density at radius 1 is 1.33 bits per heavy atom. The Kier molecular flexibility index (Phi) is 5.92. The van der Waals surface area contributed by atoms with Crippen LogP contribution in [0.25, 0.3) is 10.6 Å². The highest BCUT2D eigenvalue weighted by molar-refractivity contribution is 7.16. The molecule has 2 atom stereocenters. The van der Waals surface area contributed by atoms with Gasteiger partial charge in [-0.3, -0.25) is 4.79 Å². The predicted molar refractivity (Wildman–Crippen MR) is 92.4 cm³/mol. The van der Waals surface area contributed by atoms with Gasteiger partial charge in [-0.2, -0.15) is 0 Å². The van der Waals surface area contributed by atoms with Gasteiger partial charge >= 0.3 is 5.97 Å². The molecule has 0 fully saturated rings. The molecule has 0 saturated carbocycles. The van der Waals surface area contributed by atoms with Gasteiger partial charge in [-0.25, -0.2) is 9.78 Å². The van der Waals surface area contributed by atoms with Crippen molar-refractivity contribution in [3.8, 4) is 16.3 Å². The van der Waals surface area contributed by atoms with Crippen molar-refractivity contribution in [1.29, 1.82) is 0 Å². The smallest absolute Gasteiger partial charge is 0.326 e. The lowest BCUT2D eigenvalue weighted by Crippen LogP contribution is -2.44. The van der Waals surface area contributed by atoms with Crippen molar-refractivity contribution in [2.45, 2.75) is 26.3 Å². The molecule has 1 aromatic heterocycles. The number of thiazole rings is 1. The minimum Gasteiger partial charge on any atom is -0.497 e. The first kappa shape index (κ1) is 17.9. The van der Waals surface area contributed by atoms with Gasteiger partial charge in [0.1, 0.15) is 21.7 Å². The average molecular weight is 348 g/mol. The molecule has 0 aliphatic rings. The lowest BCUT2D eigenvalue weighted by Gasteiger charge is -2.19. The number of rotatable bonds is 7.